The van der Waals surface area contributed by atoms with Crippen molar-refractivity contribution in [3.63, 3.8) is 0 Å². The Morgan fingerprint density at radius 2 is 2.29 bits per heavy atom. The quantitative estimate of drug-likeness (QED) is 0.718. The van der Waals surface area contributed by atoms with E-state index in [0.29, 0.717) is 0 Å². The Kier molecular flexibility index (Phi) is 2.23. The number of rotatable bonds is 2. The summed E-state index contributed by atoms with van der Waals surface area (Å²) in [4.78, 5) is 0. The molecule has 0 atom stereocenters. The minimum atomic E-state index is 0.823. The molecule has 0 aliphatic heterocycles. The average Bonchev–Trinajstić information content (AvgIpc) is 2.65. The van der Waals surface area contributed by atoms with E-state index in [9.17, 15) is 0 Å². The van der Waals surface area contributed by atoms with Crippen LogP contribution < -0.4 is 4.74 Å². The number of ether oxygens (including phenoxy) is 1. The standard InChI is InChI=1S/C11H11N2O/c1-9-6-7-13(12-9)10-4-3-5-11(8-10)14-2/h3-6,8H,1-2H3. The molecule has 0 amide bonds. The fourth-order valence-electron chi connectivity index (χ4n) is 1.24. The van der Waals surface area contributed by atoms with Crippen molar-refractivity contribution in [1.29, 1.82) is 0 Å². The van der Waals surface area contributed by atoms with Crippen molar-refractivity contribution in [1.82, 2.24) is 9.78 Å². The van der Waals surface area contributed by atoms with Crippen molar-refractivity contribution >= 4 is 0 Å². The van der Waals surface area contributed by atoms with E-state index in [1.807, 2.05) is 37.3 Å². The molecule has 3 heteroatoms. The molecule has 0 unspecified atom stereocenters. The summed E-state index contributed by atoms with van der Waals surface area (Å²) in [6, 6.07) is 9.56. The molecule has 0 spiro atoms. The maximum atomic E-state index is 5.13. The van der Waals surface area contributed by atoms with E-state index in [1.165, 1.54) is 0 Å². The Labute approximate surface area is 82.9 Å². The van der Waals surface area contributed by atoms with Crippen LogP contribution in [0.1, 0.15) is 5.69 Å². The van der Waals surface area contributed by atoms with E-state index in [2.05, 4.69) is 11.3 Å². The van der Waals surface area contributed by atoms with Crippen LogP contribution in [0.5, 0.6) is 5.75 Å². The number of hydrogen-bond acceptors (Lipinski definition) is 2. The molecule has 0 fully saturated rings. The number of nitrogens with zero attached hydrogens (tertiary/aromatic N) is 2. The monoisotopic (exact) mass is 187 g/mol. The first kappa shape index (κ1) is 8.81. The van der Waals surface area contributed by atoms with Crippen LogP contribution in [-0.4, -0.2) is 16.9 Å². The Bertz CT molecular complexity index is 434. The molecule has 0 N–H and O–H groups in total. The molecule has 1 radical (unpaired) electrons. The van der Waals surface area contributed by atoms with Crippen LogP contribution in [0.15, 0.2) is 30.3 Å². The summed E-state index contributed by atoms with van der Waals surface area (Å²) in [6.07, 6.45) is 3.02. The average molecular weight is 187 g/mol. The minimum absolute atomic E-state index is 0.823. The number of methoxy groups -OCH3 is 1. The van der Waals surface area contributed by atoms with Gasteiger partial charge in [0.15, 0.2) is 0 Å². The number of hydrogen-bond donors (Lipinski definition) is 0. The van der Waals surface area contributed by atoms with Crippen LogP contribution in [0.4, 0.5) is 0 Å². The second-order valence-corrected chi connectivity index (χ2v) is 3.03. The highest BCUT2D eigenvalue weighted by Gasteiger charge is 1.99. The SMILES string of the molecule is COc1cccc(-n2[c]cc(C)n2)c1. The second kappa shape index (κ2) is 3.54. The van der Waals surface area contributed by atoms with Gasteiger partial charge in [0.05, 0.1) is 24.7 Å². The molecule has 2 rings (SSSR count). The first-order valence-electron chi connectivity index (χ1n) is 4.38. The summed E-state index contributed by atoms with van der Waals surface area (Å²) in [5.41, 5.74) is 1.91. The predicted molar refractivity (Wildman–Crippen MR) is 53.7 cm³/mol. The van der Waals surface area contributed by atoms with Gasteiger partial charge in [0, 0.05) is 6.07 Å². The van der Waals surface area contributed by atoms with E-state index in [1.54, 1.807) is 11.8 Å². The lowest BCUT2D eigenvalue weighted by Gasteiger charge is -2.03. The topological polar surface area (TPSA) is 27.1 Å². The molecule has 14 heavy (non-hydrogen) atoms. The van der Waals surface area contributed by atoms with Gasteiger partial charge < -0.3 is 4.74 Å². The third kappa shape index (κ3) is 1.62. The van der Waals surface area contributed by atoms with Gasteiger partial charge in [-0.2, -0.15) is 5.10 Å². The van der Waals surface area contributed by atoms with Gasteiger partial charge in [-0.3, -0.25) is 0 Å². The Morgan fingerprint density at radius 1 is 1.43 bits per heavy atom. The fourth-order valence-corrected chi connectivity index (χ4v) is 1.24. The van der Waals surface area contributed by atoms with Crippen molar-refractivity contribution < 1.29 is 4.74 Å². The third-order valence-corrected chi connectivity index (χ3v) is 1.95. The maximum absolute atomic E-state index is 5.13. The highest BCUT2D eigenvalue weighted by molar-refractivity contribution is 5.38. The van der Waals surface area contributed by atoms with Gasteiger partial charge in [0.1, 0.15) is 5.75 Å². The van der Waals surface area contributed by atoms with Crippen LogP contribution in [-0.2, 0) is 0 Å². The summed E-state index contributed by atoms with van der Waals surface area (Å²) in [6.45, 7) is 1.94. The van der Waals surface area contributed by atoms with Crippen LogP contribution in [0.3, 0.4) is 0 Å². The summed E-state index contributed by atoms with van der Waals surface area (Å²) in [7, 11) is 1.65. The van der Waals surface area contributed by atoms with E-state index in [0.717, 1.165) is 17.1 Å². The van der Waals surface area contributed by atoms with Gasteiger partial charge in [-0.15, -0.1) is 0 Å². The smallest absolute Gasteiger partial charge is 0.121 e. The summed E-state index contributed by atoms with van der Waals surface area (Å²) >= 11 is 0. The molecular weight excluding hydrogens is 176 g/mol. The van der Waals surface area contributed by atoms with Crippen LogP contribution in [0.2, 0.25) is 0 Å². The van der Waals surface area contributed by atoms with Gasteiger partial charge >= 0.3 is 0 Å². The largest absolute Gasteiger partial charge is 0.497 e. The van der Waals surface area contributed by atoms with Crippen molar-refractivity contribution in [3.05, 3.63) is 42.2 Å². The van der Waals surface area contributed by atoms with Crippen molar-refractivity contribution in [2.75, 3.05) is 7.11 Å². The number of aryl methyl sites for hydroxylation is 1. The maximum Gasteiger partial charge on any atom is 0.121 e. The van der Waals surface area contributed by atoms with Crippen LogP contribution in [0, 0.1) is 13.1 Å². The number of aromatic nitrogens is 2. The molecule has 0 saturated carbocycles. The number of benzene rings is 1. The lowest BCUT2D eigenvalue weighted by Crippen LogP contribution is -1.95. The molecule has 3 nitrogen and oxygen atoms in total. The first-order chi connectivity index (χ1) is 6.79. The summed E-state index contributed by atoms with van der Waals surface area (Å²) in [5.74, 6) is 0.823. The minimum Gasteiger partial charge on any atom is -0.497 e. The lowest BCUT2D eigenvalue weighted by atomic mass is 10.3. The van der Waals surface area contributed by atoms with Gasteiger partial charge in [0.2, 0.25) is 0 Å². The fraction of sp³-hybridized carbons (Fsp3) is 0.182. The molecule has 71 valence electrons. The molecule has 1 aromatic carbocycles. The van der Waals surface area contributed by atoms with E-state index in [-0.39, 0.29) is 0 Å². The zero-order valence-electron chi connectivity index (χ0n) is 8.19. The van der Waals surface area contributed by atoms with Crippen molar-refractivity contribution in [2.24, 2.45) is 0 Å². The summed E-state index contributed by atoms with van der Waals surface area (Å²) in [5, 5.41) is 4.26. The Balaban J connectivity index is 2.41. The molecule has 0 saturated heterocycles. The van der Waals surface area contributed by atoms with E-state index in [4.69, 9.17) is 4.74 Å². The van der Waals surface area contributed by atoms with Gasteiger partial charge in [-0.25, -0.2) is 4.68 Å². The summed E-state index contributed by atoms with van der Waals surface area (Å²) < 4.78 is 6.83. The first-order valence-corrected chi connectivity index (χ1v) is 4.38. The zero-order chi connectivity index (χ0) is 9.97. The molecular formula is C11H11N2O. The highest BCUT2D eigenvalue weighted by atomic mass is 16.5. The second-order valence-electron chi connectivity index (χ2n) is 3.03. The predicted octanol–water partition coefficient (Wildman–Crippen LogP) is 1.99. The van der Waals surface area contributed by atoms with Gasteiger partial charge in [-0.05, 0) is 25.1 Å². The molecule has 0 bridgehead atoms. The lowest BCUT2D eigenvalue weighted by molar-refractivity contribution is 0.414. The zero-order valence-corrected chi connectivity index (χ0v) is 8.19. The molecule has 1 aromatic heterocycles. The Morgan fingerprint density at radius 3 is 2.93 bits per heavy atom. The molecule has 0 aliphatic carbocycles. The van der Waals surface area contributed by atoms with Crippen molar-refractivity contribution in [2.45, 2.75) is 6.92 Å². The van der Waals surface area contributed by atoms with Gasteiger partial charge in [-0.1, -0.05) is 6.07 Å². The van der Waals surface area contributed by atoms with E-state index >= 15 is 0 Å². The Hall–Kier alpha value is -1.77. The molecule has 1 heterocycles. The van der Waals surface area contributed by atoms with Crippen LogP contribution in [0.25, 0.3) is 5.69 Å². The molecule has 0 aliphatic rings. The van der Waals surface area contributed by atoms with Crippen LogP contribution >= 0.6 is 0 Å². The van der Waals surface area contributed by atoms with Gasteiger partial charge in [0.25, 0.3) is 0 Å². The van der Waals surface area contributed by atoms with E-state index < -0.39 is 0 Å². The van der Waals surface area contributed by atoms with Crippen molar-refractivity contribution in [3.8, 4) is 11.4 Å². The molecule has 2 aromatic rings. The third-order valence-electron chi connectivity index (χ3n) is 1.95. The normalized spacial score (nSPS) is 10.1. The highest BCUT2D eigenvalue weighted by Crippen LogP contribution is 2.15.